The molecule has 23 heavy (non-hydrogen) atoms. The first-order valence-corrected chi connectivity index (χ1v) is 7.51. The minimum atomic E-state index is -0.553. The molecule has 0 saturated heterocycles. The Hall–Kier alpha value is -2.34. The normalized spacial score (nSPS) is 10.0. The van der Waals surface area contributed by atoms with E-state index in [9.17, 15) is 9.59 Å². The molecule has 0 atom stereocenters. The summed E-state index contributed by atoms with van der Waals surface area (Å²) in [6.45, 7) is 0.296. The van der Waals surface area contributed by atoms with Crippen LogP contribution in [0.2, 0.25) is 0 Å². The topological polar surface area (TPSA) is 61.8 Å². The van der Waals surface area contributed by atoms with Crippen LogP contribution in [0.1, 0.15) is 26.3 Å². The number of carbonyl (C=O) groups excluding carboxylic acids is 2. The number of esters is 2. The Bertz CT molecular complexity index is 692. The fraction of sp³-hybridized carbons (Fsp3) is 0.176. The van der Waals surface area contributed by atoms with E-state index in [-0.39, 0.29) is 11.1 Å². The zero-order valence-corrected chi connectivity index (χ0v) is 14.3. The first-order valence-electron chi connectivity index (χ1n) is 6.72. The summed E-state index contributed by atoms with van der Waals surface area (Å²) >= 11 is 3.39. The summed E-state index contributed by atoms with van der Waals surface area (Å²) in [4.78, 5) is 23.4. The van der Waals surface area contributed by atoms with E-state index in [4.69, 9.17) is 4.74 Å². The number of methoxy groups -OCH3 is 2. The van der Waals surface area contributed by atoms with E-state index < -0.39 is 11.9 Å². The molecule has 0 aromatic heterocycles. The summed E-state index contributed by atoms with van der Waals surface area (Å²) in [6.07, 6.45) is 0. The first-order chi connectivity index (χ1) is 11.0. The Labute approximate surface area is 142 Å². The lowest BCUT2D eigenvalue weighted by atomic mass is 10.1. The Morgan fingerprint density at radius 1 is 0.957 bits per heavy atom. The van der Waals surface area contributed by atoms with Crippen molar-refractivity contribution in [2.45, 2.75) is 6.61 Å². The number of hydrogen-bond acceptors (Lipinski definition) is 5. The molecule has 0 N–H and O–H groups in total. The molecule has 0 aliphatic carbocycles. The molecule has 0 radical (unpaired) electrons. The van der Waals surface area contributed by atoms with Crippen LogP contribution in [0.25, 0.3) is 0 Å². The molecule has 2 rings (SSSR count). The molecule has 6 heteroatoms. The molecular formula is C17H15BrO5. The molecule has 0 amide bonds. The summed E-state index contributed by atoms with van der Waals surface area (Å²) in [7, 11) is 2.55. The van der Waals surface area contributed by atoms with Gasteiger partial charge in [0.15, 0.2) is 0 Å². The van der Waals surface area contributed by atoms with Gasteiger partial charge in [0.2, 0.25) is 0 Å². The average molecular weight is 379 g/mol. The highest BCUT2D eigenvalue weighted by Gasteiger charge is 2.14. The molecule has 0 heterocycles. The zero-order valence-electron chi connectivity index (χ0n) is 12.7. The van der Waals surface area contributed by atoms with Crippen LogP contribution in [0.5, 0.6) is 5.75 Å². The van der Waals surface area contributed by atoms with Crippen LogP contribution in [0.3, 0.4) is 0 Å². The van der Waals surface area contributed by atoms with Crippen LogP contribution < -0.4 is 4.74 Å². The highest BCUT2D eigenvalue weighted by atomic mass is 79.9. The predicted molar refractivity (Wildman–Crippen MR) is 87.6 cm³/mol. The molecule has 0 bridgehead atoms. The van der Waals surface area contributed by atoms with Crippen molar-refractivity contribution >= 4 is 27.9 Å². The van der Waals surface area contributed by atoms with Gasteiger partial charge in [0, 0.05) is 4.47 Å². The zero-order chi connectivity index (χ0) is 16.8. The van der Waals surface area contributed by atoms with Crippen molar-refractivity contribution in [2.24, 2.45) is 0 Å². The van der Waals surface area contributed by atoms with Crippen molar-refractivity contribution < 1.29 is 23.8 Å². The Morgan fingerprint density at radius 3 is 2.09 bits per heavy atom. The van der Waals surface area contributed by atoms with Crippen LogP contribution >= 0.6 is 15.9 Å². The van der Waals surface area contributed by atoms with E-state index in [1.807, 2.05) is 24.3 Å². The van der Waals surface area contributed by atoms with E-state index in [1.54, 1.807) is 0 Å². The van der Waals surface area contributed by atoms with Crippen LogP contribution in [0, 0.1) is 0 Å². The lowest BCUT2D eigenvalue weighted by Crippen LogP contribution is -2.07. The van der Waals surface area contributed by atoms with Gasteiger partial charge in [0.25, 0.3) is 0 Å². The summed E-state index contributed by atoms with van der Waals surface area (Å²) < 4.78 is 16.0. The second-order valence-electron chi connectivity index (χ2n) is 4.65. The van der Waals surface area contributed by atoms with Crippen LogP contribution in [-0.4, -0.2) is 26.2 Å². The molecule has 2 aromatic carbocycles. The number of rotatable bonds is 5. The summed E-state index contributed by atoms with van der Waals surface area (Å²) in [5.41, 5.74) is 1.39. The lowest BCUT2D eigenvalue weighted by molar-refractivity contribution is 0.0598. The van der Waals surface area contributed by atoms with Crippen LogP contribution in [-0.2, 0) is 16.1 Å². The van der Waals surface area contributed by atoms with Crippen molar-refractivity contribution in [1.29, 1.82) is 0 Å². The minimum Gasteiger partial charge on any atom is -0.489 e. The highest BCUT2D eigenvalue weighted by molar-refractivity contribution is 9.10. The molecular weight excluding hydrogens is 364 g/mol. The van der Waals surface area contributed by atoms with E-state index in [0.717, 1.165) is 10.0 Å². The van der Waals surface area contributed by atoms with E-state index in [0.29, 0.717) is 12.4 Å². The number of ether oxygens (including phenoxy) is 3. The fourth-order valence-electron chi connectivity index (χ4n) is 1.95. The van der Waals surface area contributed by atoms with Crippen LogP contribution in [0.15, 0.2) is 46.9 Å². The van der Waals surface area contributed by atoms with Gasteiger partial charge in [-0.05, 0) is 35.9 Å². The van der Waals surface area contributed by atoms with Gasteiger partial charge in [-0.1, -0.05) is 28.1 Å². The molecule has 0 saturated carbocycles. The maximum absolute atomic E-state index is 11.7. The second kappa shape index (κ2) is 7.78. The predicted octanol–water partition coefficient (Wildman–Crippen LogP) is 3.60. The molecule has 0 spiro atoms. The number of hydrogen-bond donors (Lipinski definition) is 0. The Balaban J connectivity index is 2.26. The quantitative estimate of drug-likeness (QED) is 0.743. The summed E-state index contributed by atoms with van der Waals surface area (Å²) in [5.74, 6) is -0.723. The first kappa shape index (κ1) is 17.0. The molecule has 5 nitrogen and oxygen atoms in total. The fourth-order valence-corrected chi connectivity index (χ4v) is 2.39. The molecule has 120 valence electrons. The average Bonchev–Trinajstić information content (AvgIpc) is 2.58. The SMILES string of the molecule is COC(=O)c1cc(OCc2cccc(Br)c2)cc(C(=O)OC)c1. The van der Waals surface area contributed by atoms with Gasteiger partial charge in [-0.3, -0.25) is 0 Å². The molecule has 2 aromatic rings. The Morgan fingerprint density at radius 2 is 1.57 bits per heavy atom. The molecule has 0 aliphatic heterocycles. The van der Waals surface area contributed by atoms with Crippen molar-refractivity contribution in [3.05, 3.63) is 63.6 Å². The van der Waals surface area contributed by atoms with Crippen molar-refractivity contribution in [2.75, 3.05) is 14.2 Å². The van der Waals surface area contributed by atoms with Gasteiger partial charge < -0.3 is 14.2 Å². The lowest BCUT2D eigenvalue weighted by Gasteiger charge is -2.10. The van der Waals surface area contributed by atoms with Gasteiger partial charge in [0.1, 0.15) is 12.4 Å². The minimum absolute atomic E-state index is 0.222. The van der Waals surface area contributed by atoms with Gasteiger partial charge in [-0.15, -0.1) is 0 Å². The highest BCUT2D eigenvalue weighted by Crippen LogP contribution is 2.21. The van der Waals surface area contributed by atoms with E-state index in [2.05, 4.69) is 25.4 Å². The van der Waals surface area contributed by atoms with Crippen molar-refractivity contribution in [1.82, 2.24) is 0 Å². The third-order valence-corrected chi connectivity index (χ3v) is 3.54. The third kappa shape index (κ3) is 4.56. The number of carbonyl (C=O) groups is 2. The summed E-state index contributed by atoms with van der Waals surface area (Å²) in [6, 6.07) is 12.1. The third-order valence-electron chi connectivity index (χ3n) is 3.04. The number of benzene rings is 2. The summed E-state index contributed by atoms with van der Waals surface area (Å²) in [5, 5.41) is 0. The molecule has 0 fully saturated rings. The van der Waals surface area contributed by atoms with Gasteiger partial charge >= 0.3 is 11.9 Å². The van der Waals surface area contributed by atoms with Gasteiger partial charge in [-0.2, -0.15) is 0 Å². The molecule has 0 unspecified atom stereocenters. The monoisotopic (exact) mass is 378 g/mol. The second-order valence-corrected chi connectivity index (χ2v) is 5.56. The van der Waals surface area contributed by atoms with Crippen LogP contribution in [0.4, 0.5) is 0 Å². The van der Waals surface area contributed by atoms with E-state index >= 15 is 0 Å². The number of halogens is 1. The standard InChI is InChI=1S/C17H15BrO5/c1-21-16(19)12-7-13(17(20)22-2)9-15(8-12)23-10-11-4-3-5-14(18)6-11/h3-9H,10H2,1-2H3. The largest absolute Gasteiger partial charge is 0.489 e. The smallest absolute Gasteiger partial charge is 0.338 e. The van der Waals surface area contributed by atoms with Crippen molar-refractivity contribution in [3.8, 4) is 5.75 Å². The van der Waals surface area contributed by atoms with Gasteiger partial charge in [-0.25, -0.2) is 9.59 Å². The maximum atomic E-state index is 11.7. The van der Waals surface area contributed by atoms with Gasteiger partial charge in [0.05, 0.1) is 25.3 Å². The Kier molecular flexibility index (Phi) is 5.76. The van der Waals surface area contributed by atoms with Crippen molar-refractivity contribution in [3.63, 3.8) is 0 Å². The van der Waals surface area contributed by atoms with E-state index in [1.165, 1.54) is 32.4 Å². The molecule has 0 aliphatic rings. The maximum Gasteiger partial charge on any atom is 0.338 e.